The van der Waals surface area contributed by atoms with Crippen molar-refractivity contribution in [3.05, 3.63) is 58.0 Å². The van der Waals surface area contributed by atoms with Gasteiger partial charge in [-0.25, -0.2) is 9.37 Å². The molecule has 10 heteroatoms. The molecule has 1 aliphatic rings. The average molecular weight is 517 g/mol. The molecule has 7 nitrogen and oxygen atoms in total. The Kier molecular flexibility index (Phi) is 7.46. The maximum atomic E-state index is 14.3. The van der Waals surface area contributed by atoms with Gasteiger partial charge in [0, 0.05) is 21.7 Å². The van der Waals surface area contributed by atoms with Crippen LogP contribution in [0.2, 0.25) is 5.02 Å². The minimum absolute atomic E-state index is 0.0384. The van der Waals surface area contributed by atoms with E-state index in [1.165, 1.54) is 6.92 Å². The summed E-state index contributed by atoms with van der Waals surface area (Å²) in [6, 6.07) is 12.6. The van der Waals surface area contributed by atoms with Crippen LogP contribution in [0.5, 0.6) is 5.75 Å². The minimum Gasteiger partial charge on any atom is -0.493 e. The van der Waals surface area contributed by atoms with Crippen molar-refractivity contribution in [2.24, 2.45) is 16.5 Å². The first-order valence-electron chi connectivity index (χ1n) is 11.2. The lowest BCUT2D eigenvalue weighted by Gasteiger charge is -2.37. The number of rotatable bonds is 9. The highest BCUT2D eigenvalue weighted by Gasteiger charge is 2.34. The maximum Gasteiger partial charge on any atom is 0.295 e. The third-order valence-electron chi connectivity index (χ3n) is 6.08. The van der Waals surface area contributed by atoms with Crippen molar-refractivity contribution < 1.29 is 13.9 Å². The molecule has 0 N–H and O–H groups in total. The molecule has 1 aliphatic heterocycles. The Labute approximate surface area is 211 Å². The zero-order valence-electron chi connectivity index (χ0n) is 19.8. The van der Waals surface area contributed by atoms with Gasteiger partial charge in [-0.3, -0.25) is 0 Å². The van der Waals surface area contributed by atoms with Gasteiger partial charge in [-0.05, 0) is 61.2 Å². The van der Waals surface area contributed by atoms with Gasteiger partial charge in [0.15, 0.2) is 11.6 Å². The van der Waals surface area contributed by atoms with Gasteiger partial charge in [-0.1, -0.05) is 40.8 Å². The first-order chi connectivity index (χ1) is 16.6. The largest absolute Gasteiger partial charge is 0.493 e. The molecule has 0 spiro atoms. The summed E-state index contributed by atoms with van der Waals surface area (Å²) in [5, 5.41) is 1.92. The van der Waals surface area contributed by atoms with Crippen molar-refractivity contribution in [2.75, 3.05) is 19.8 Å². The fraction of sp³-hybridized carbons (Fsp3) is 0.400. The smallest absolute Gasteiger partial charge is 0.295 e. The number of alkyl halides is 1. The summed E-state index contributed by atoms with van der Waals surface area (Å²) in [6.45, 7) is 7.42. The summed E-state index contributed by atoms with van der Waals surface area (Å²) in [5.41, 5.74) is 2.10. The van der Waals surface area contributed by atoms with Crippen LogP contribution in [-0.2, 0) is 11.2 Å². The number of nitrogens with zero attached hydrogens (tertiary/aromatic N) is 4. The van der Waals surface area contributed by atoms with Crippen LogP contribution in [0.25, 0.3) is 22.8 Å². The Hall–Kier alpha value is -2.54. The summed E-state index contributed by atoms with van der Waals surface area (Å²) in [7, 11) is 2.24. The Morgan fingerprint density at radius 3 is 2.49 bits per heavy atom. The summed E-state index contributed by atoms with van der Waals surface area (Å²) < 4.78 is 25.4. The van der Waals surface area contributed by atoms with Gasteiger partial charge in [0.05, 0.1) is 24.8 Å². The Balaban J connectivity index is 1.61. The Morgan fingerprint density at radius 1 is 1.20 bits per heavy atom. The van der Waals surface area contributed by atoms with Crippen molar-refractivity contribution in [3.8, 4) is 28.5 Å². The normalized spacial score (nSPS) is 17.2. The van der Waals surface area contributed by atoms with Gasteiger partial charge < -0.3 is 9.47 Å². The molecule has 1 aromatic heterocycles. The van der Waals surface area contributed by atoms with Gasteiger partial charge in [0.25, 0.3) is 5.95 Å². The summed E-state index contributed by atoms with van der Waals surface area (Å²) in [6.07, 6.45) is 0.490. The second-order valence-electron chi connectivity index (χ2n) is 9.56. The topological polar surface area (TPSA) is 86.6 Å². The van der Waals surface area contributed by atoms with Crippen LogP contribution in [0.15, 0.2) is 47.6 Å². The fourth-order valence-corrected chi connectivity index (χ4v) is 3.89. The van der Waals surface area contributed by atoms with Crippen molar-refractivity contribution in [1.82, 2.24) is 15.0 Å². The third kappa shape index (κ3) is 6.18. The molecule has 184 valence electrons. The molecule has 0 saturated carbocycles. The lowest BCUT2D eigenvalue weighted by atomic mass is 9.90. The number of nitroso groups, excluding NO2 is 1. The molecule has 1 saturated heterocycles. The number of hydrogen-bond donors (Lipinski definition) is 0. The van der Waals surface area contributed by atoms with E-state index in [2.05, 4.69) is 36.3 Å². The molecule has 2 aromatic carbocycles. The minimum atomic E-state index is -1.41. The Morgan fingerprint density at radius 2 is 1.89 bits per heavy atom. The van der Waals surface area contributed by atoms with Crippen LogP contribution in [0, 0.1) is 16.2 Å². The van der Waals surface area contributed by atoms with E-state index in [0.717, 1.165) is 5.56 Å². The van der Waals surface area contributed by atoms with Crippen LogP contribution in [-0.4, -0.2) is 40.2 Å². The van der Waals surface area contributed by atoms with Gasteiger partial charge in [-0.2, -0.15) is 9.97 Å². The van der Waals surface area contributed by atoms with Crippen LogP contribution < -0.4 is 4.74 Å². The van der Waals surface area contributed by atoms with E-state index in [1.807, 2.05) is 43.3 Å². The zero-order chi connectivity index (χ0) is 25.2. The second kappa shape index (κ2) is 10.2. The van der Waals surface area contributed by atoms with Gasteiger partial charge >= 0.3 is 0 Å². The predicted molar refractivity (Wildman–Crippen MR) is 138 cm³/mol. The summed E-state index contributed by atoms with van der Waals surface area (Å²) in [4.78, 5) is 24.2. The van der Waals surface area contributed by atoms with E-state index >= 15 is 0 Å². The number of hydrogen-bond acceptors (Lipinski definition) is 7. The van der Waals surface area contributed by atoms with Crippen LogP contribution in [0.4, 0.5) is 10.3 Å². The molecule has 0 aliphatic carbocycles. The van der Waals surface area contributed by atoms with E-state index in [-0.39, 0.29) is 28.9 Å². The molecule has 0 bridgehead atoms. The first kappa shape index (κ1) is 25.5. The predicted octanol–water partition coefficient (Wildman–Crippen LogP) is 6.41. The first-order valence-corrected chi connectivity index (χ1v) is 12.2. The molecule has 4 rings (SSSR count). The van der Waals surface area contributed by atoms with Gasteiger partial charge in [0.2, 0.25) is 0 Å². The van der Waals surface area contributed by atoms with Crippen molar-refractivity contribution in [3.63, 3.8) is 0 Å². The number of halogens is 2. The van der Waals surface area contributed by atoms with Crippen LogP contribution in [0.3, 0.4) is 0 Å². The van der Waals surface area contributed by atoms with Crippen molar-refractivity contribution in [2.45, 2.75) is 32.6 Å². The maximum absolute atomic E-state index is 14.3. The Bertz CT molecular complexity index is 1220. The SMILES string of the molecule is CC(Cc1ccc(Cl)c(-c2nc(N=O)nc(-c3ccc(OCC4(C)COC4)cc3)n2)c1)C(C)(F)P. The highest BCUT2D eigenvalue weighted by atomic mass is 35.5. The lowest BCUT2D eigenvalue weighted by molar-refractivity contribution is -0.120. The highest BCUT2D eigenvalue weighted by molar-refractivity contribution is 7.18. The zero-order valence-corrected chi connectivity index (χ0v) is 21.7. The molecule has 3 atom stereocenters. The lowest BCUT2D eigenvalue weighted by Crippen LogP contribution is -2.44. The van der Waals surface area contributed by atoms with Crippen molar-refractivity contribution in [1.29, 1.82) is 0 Å². The molecule has 2 heterocycles. The molecular formula is C25H27ClFN4O3P. The monoisotopic (exact) mass is 516 g/mol. The van der Waals surface area contributed by atoms with E-state index in [1.54, 1.807) is 6.07 Å². The molecule has 3 unspecified atom stereocenters. The molecule has 1 fully saturated rings. The average Bonchev–Trinajstić information content (AvgIpc) is 2.82. The second-order valence-corrected chi connectivity index (χ2v) is 11.1. The van der Waals surface area contributed by atoms with Crippen LogP contribution >= 0.6 is 20.8 Å². The van der Waals surface area contributed by atoms with E-state index < -0.39 is 5.41 Å². The van der Waals surface area contributed by atoms with E-state index in [9.17, 15) is 9.30 Å². The van der Waals surface area contributed by atoms with Gasteiger partial charge in [-0.15, -0.1) is 4.91 Å². The van der Waals surface area contributed by atoms with Crippen molar-refractivity contribution >= 4 is 26.8 Å². The molecule has 3 aromatic rings. The van der Waals surface area contributed by atoms with E-state index in [4.69, 9.17) is 21.1 Å². The van der Waals surface area contributed by atoms with Crippen LogP contribution in [0.1, 0.15) is 26.3 Å². The number of benzene rings is 2. The third-order valence-corrected chi connectivity index (χ3v) is 6.98. The quantitative estimate of drug-likeness (QED) is 0.241. The molecule has 0 amide bonds. The number of ether oxygens (including phenoxy) is 2. The fourth-order valence-electron chi connectivity index (χ4n) is 3.57. The van der Waals surface area contributed by atoms with Gasteiger partial charge in [0.1, 0.15) is 11.2 Å². The van der Waals surface area contributed by atoms with E-state index in [0.29, 0.717) is 48.1 Å². The molecule has 35 heavy (non-hydrogen) atoms. The standard InChI is InChI=1S/C25H27ClFN4O3P/c1-15(25(3,27)35)10-16-4-9-20(26)19(11-16)22-28-21(29-23(30-22)31-32)17-5-7-18(8-6-17)34-14-24(2)12-33-13-24/h4-9,11,15H,10,12-14,35H2,1-3H3. The number of aromatic nitrogens is 3. The summed E-state index contributed by atoms with van der Waals surface area (Å²) >= 11 is 6.45. The highest BCUT2D eigenvalue weighted by Crippen LogP contribution is 2.34. The molecular weight excluding hydrogens is 490 g/mol. The summed E-state index contributed by atoms with van der Waals surface area (Å²) in [5.74, 6) is 0.716. The molecule has 0 radical (unpaired) electrons.